The van der Waals surface area contributed by atoms with Gasteiger partial charge in [0.1, 0.15) is 0 Å². The van der Waals surface area contributed by atoms with Crippen LogP contribution in [0, 0.1) is 0 Å². The molecule has 0 radical (unpaired) electrons. The monoisotopic (exact) mass is 414 g/mol. The molecule has 2 aromatic carbocycles. The Kier molecular flexibility index (Phi) is 5.89. The van der Waals surface area contributed by atoms with Crippen LogP contribution in [0.15, 0.2) is 42.5 Å². The maximum atomic E-state index is 12.7. The Morgan fingerprint density at radius 2 is 1.86 bits per heavy atom. The molecule has 0 aliphatic carbocycles. The number of carbonyl (C=O) groups excluding carboxylic acids is 3. The maximum absolute atomic E-state index is 12.7. The third kappa shape index (κ3) is 4.09. The first-order valence-corrected chi connectivity index (χ1v) is 9.29. The average molecular weight is 415 g/mol. The quantitative estimate of drug-likeness (QED) is 0.276. The molecular formula is C21H19ClN2O5. The molecule has 0 aliphatic heterocycles. The van der Waals surface area contributed by atoms with E-state index < -0.39 is 17.7 Å². The zero-order valence-corrected chi connectivity index (χ0v) is 16.7. The van der Waals surface area contributed by atoms with Crippen LogP contribution in [0.25, 0.3) is 10.9 Å². The maximum Gasteiger partial charge on any atom is 0.352 e. The number of Topliss-reactive ketones (excluding diaryl/α,β-unsaturated/α-hetero) is 1. The fourth-order valence-corrected chi connectivity index (χ4v) is 3.54. The summed E-state index contributed by atoms with van der Waals surface area (Å²) in [4.78, 5) is 45.4. The van der Waals surface area contributed by atoms with Gasteiger partial charge in [-0.1, -0.05) is 36.7 Å². The zero-order valence-electron chi connectivity index (χ0n) is 15.9. The normalized spacial score (nSPS) is 10.7. The standard InChI is InChI=1S/C21H19ClN2O5/c1-3-15-19(20(26)21(23)27)18-16(8-5-9-17(18)29-28-12(2)25)24(15)11-13-6-4-7-14(22)10-13/h4-10H,3,11H2,1-2H3,(H2,23,27). The third-order valence-electron chi connectivity index (χ3n) is 4.42. The van der Waals surface area contributed by atoms with Crippen molar-refractivity contribution in [2.24, 2.45) is 5.73 Å². The van der Waals surface area contributed by atoms with Gasteiger partial charge < -0.3 is 10.3 Å². The average Bonchev–Trinajstić information content (AvgIpc) is 2.99. The molecule has 0 saturated carbocycles. The number of nitrogens with two attached hydrogens (primary N) is 1. The second-order valence-corrected chi connectivity index (χ2v) is 6.83. The minimum absolute atomic E-state index is 0.139. The number of amides is 1. The molecule has 150 valence electrons. The Balaban J connectivity index is 2.27. The molecule has 1 amide bonds. The second-order valence-electron chi connectivity index (χ2n) is 6.39. The van der Waals surface area contributed by atoms with E-state index in [2.05, 4.69) is 4.89 Å². The molecule has 1 heterocycles. The summed E-state index contributed by atoms with van der Waals surface area (Å²) in [6.07, 6.45) is 0.455. The molecule has 0 bridgehead atoms. The number of fused-ring (bicyclic) bond motifs is 1. The Morgan fingerprint density at radius 1 is 1.14 bits per heavy atom. The van der Waals surface area contributed by atoms with E-state index in [4.69, 9.17) is 22.2 Å². The fourth-order valence-electron chi connectivity index (χ4n) is 3.33. The smallest absolute Gasteiger partial charge is 0.352 e. The van der Waals surface area contributed by atoms with Gasteiger partial charge in [0, 0.05) is 24.2 Å². The molecule has 2 N–H and O–H groups in total. The van der Waals surface area contributed by atoms with Crippen LogP contribution >= 0.6 is 11.6 Å². The molecule has 0 aliphatic rings. The highest BCUT2D eigenvalue weighted by Crippen LogP contribution is 2.35. The van der Waals surface area contributed by atoms with Crippen LogP contribution in [-0.2, 0) is 27.4 Å². The van der Waals surface area contributed by atoms with E-state index >= 15 is 0 Å². The van der Waals surface area contributed by atoms with Crippen molar-refractivity contribution >= 4 is 40.2 Å². The van der Waals surface area contributed by atoms with Crippen LogP contribution in [0.1, 0.15) is 35.5 Å². The van der Waals surface area contributed by atoms with Crippen molar-refractivity contribution < 1.29 is 24.2 Å². The van der Waals surface area contributed by atoms with Crippen molar-refractivity contribution in [3.8, 4) is 5.75 Å². The summed E-state index contributed by atoms with van der Waals surface area (Å²) in [5, 5.41) is 0.945. The van der Waals surface area contributed by atoms with Gasteiger partial charge in [0.2, 0.25) is 0 Å². The van der Waals surface area contributed by atoms with Crippen molar-refractivity contribution in [1.82, 2.24) is 4.57 Å². The minimum Gasteiger partial charge on any atom is -0.363 e. The summed E-state index contributed by atoms with van der Waals surface area (Å²) >= 11 is 6.10. The van der Waals surface area contributed by atoms with E-state index in [1.165, 1.54) is 6.92 Å². The number of carbonyl (C=O) groups is 3. The number of hydrogen-bond acceptors (Lipinski definition) is 5. The van der Waals surface area contributed by atoms with E-state index in [1.54, 1.807) is 24.3 Å². The number of benzene rings is 2. The molecule has 0 fully saturated rings. The van der Waals surface area contributed by atoms with Crippen LogP contribution < -0.4 is 10.6 Å². The lowest BCUT2D eigenvalue weighted by Gasteiger charge is -2.11. The van der Waals surface area contributed by atoms with E-state index in [9.17, 15) is 14.4 Å². The van der Waals surface area contributed by atoms with Crippen molar-refractivity contribution in [1.29, 1.82) is 0 Å². The first-order valence-electron chi connectivity index (χ1n) is 8.91. The first kappa shape index (κ1) is 20.4. The Bertz CT molecular complexity index is 1120. The predicted octanol–water partition coefficient (Wildman–Crippen LogP) is 3.43. The van der Waals surface area contributed by atoms with Crippen LogP contribution in [-0.4, -0.2) is 22.2 Å². The highest BCUT2D eigenvalue weighted by atomic mass is 35.5. The van der Waals surface area contributed by atoms with Crippen molar-refractivity contribution in [3.63, 3.8) is 0 Å². The Labute approximate surface area is 171 Å². The van der Waals surface area contributed by atoms with Gasteiger partial charge in [-0.3, -0.25) is 19.4 Å². The molecule has 0 unspecified atom stereocenters. The minimum atomic E-state index is -1.08. The van der Waals surface area contributed by atoms with Gasteiger partial charge in [-0.05, 0) is 36.2 Å². The number of hydrogen-bond donors (Lipinski definition) is 1. The second kappa shape index (κ2) is 8.36. The van der Waals surface area contributed by atoms with E-state index in [0.29, 0.717) is 34.6 Å². The van der Waals surface area contributed by atoms with Gasteiger partial charge in [0.15, 0.2) is 5.75 Å². The van der Waals surface area contributed by atoms with Crippen LogP contribution in [0.5, 0.6) is 5.75 Å². The topological polar surface area (TPSA) is 101 Å². The number of primary amides is 1. The molecule has 1 aromatic heterocycles. The fraction of sp³-hybridized carbons (Fsp3) is 0.190. The van der Waals surface area contributed by atoms with Crippen LogP contribution in [0.4, 0.5) is 0 Å². The molecule has 3 rings (SSSR count). The SMILES string of the molecule is CCc1c(C(=O)C(N)=O)c2c(OOC(C)=O)cccc2n1Cc1cccc(Cl)c1. The Hall–Kier alpha value is -3.32. The summed E-state index contributed by atoms with van der Waals surface area (Å²) in [6, 6.07) is 12.4. The number of nitrogens with zero attached hydrogens (tertiary/aromatic N) is 1. The van der Waals surface area contributed by atoms with Gasteiger partial charge >= 0.3 is 5.97 Å². The molecule has 8 heteroatoms. The number of rotatable bonds is 7. The first-order chi connectivity index (χ1) is 13.8. The van der Waals surface area contributed by atoms with E-state index in [-0.39, 0.29) is 11.3 Å². The third-order valence-corrected chi connectivity index (χ3v) is 4.66. The highest BCUT2D eigenvalue weighted by molar-refractivity contribution is 6.45. The van der Waals surface area contributed by atoms with Gasteiger partial charge in [0.05, 0.1) is 16.5 Å². The molecule has 7 nitrogen and oxygen atoms in total. The van der Waals surface area contributed by atoms with E-state index in [0.717, 1.165) is 5.56 Å². The number of ketones is 1. The summed E-state index contributed by atoms with van der Waals surface area (Å²) in [7, 11) is 0. The number of aromatic nitrogens is 1. The van der Waals surface area contributed by atoms with Gasteiger partial charge in [0.25, 0.3) is 11.7 Å². The Morgan fingerprint density at radius 3 is 2.48 bits per heavy atom. The highest BCUT2D eigenvalue weighted by Gasteiger charge is 2.27. The lowest BCUT2D eigenvalue weighted by Crippen LogP contribution is -2.24. The lowest BCUT2D eigenvalue weighted by atomic mass is 10.0. The summed E-state index contributed by atoms with van der Waals surface area (Å²) in [5.41, 5.74) is 7.59. The van der Waals surface area contributed by atoms with Crippen molar-refractivity contribution in [2.45, 2.75) is 26.8 Å². The largest absolute Gasteiger partial charge is 0.363 e. The van der Waals surface area contributed by atoms with Crippen LogP contribution in [0.3, 0.4) is 0 Å². The molecule has 3 aromatic rings. The van der Waals surface area contributed by atoms with Crippen molar-refractivity contribution in [2.75, 3.05) is 0 Å². The molecule has 0 atom stereocenters. The predicted molar refractivity (Wildman–Crippen MR) is 108 cm³/mol. The summed E-state index contributed by atoms with van der Waals surface area (Å²) in [6.45, 7) is 3.47. The molecule has 29 heavy (non-hydrogen) atoms. The van der Waals surface area contributed by atoms with Crippen molar-refractivity contribution in [3.05, 3.63) is 64.3 Å². The zero-order chi connectivity index (χ0) is 21.1. The van der Waals surface area contributed by atoms with Gasteiger partial charge in [-0.2, -0.15) is 0 Å². The summed E-state index contributed by atoms with van der Waals surface area (Å²) < 4.78 is 1.90. The summed E-state index contributed by atoms with van der Waals surface area (Å²) in [5.74, 6) is -2.43. The number of halogens is 1. The lowest BCUT2D eigenvalue weighted by molar-refractivity contribution is -0.210. The molecular weight excluding hydrogens is 396 g/mol. The molecule has 0 saturated heterocycles. The van der Waals surface area contributed by atoms with Gasteiger partial charge in [-0.15, -0.1) is 0 Å². The van der Waals surface area contributed by atoms with Crippen LogP contribution in [0.2, 0.25) is 5.02 Å². The van der Waals surface area contributed by atoms with Gasteiger partial charge in [-0.25, -0.2) is 4.79 Å². The molecule has 0 spiro atoms. The van der Waals surface area contributed by atoms with E-state index in [1.807, 2.05) is 29.7 Å².